The van der Waals surface area contributed by atoms with E-state index in [1.807, 2.05) is 6.33 Å². The summed E-state index contributed by atoms with van der Waals surface area (Å²) in [5, 5.41) is 1.28. The minimum Gasteiger partial charge on any atom is -0.380 e. The van der Waals surface area contributed by atoms with E-state index in [0.717, 1.165) is 28.7 Å². The summed E-state index contributed by atoms with van der Waals surface area (Å²) >= 11 is 0. The Hall–Kier alpha value is -2.59. The molecule has 0 aliphatic rings. The minimum absolute atomic E-state index is 0.609. The van der Waals surface area contributed by atoms with Crippen LogP contribution in [0.5, 0.6) is 0 Å². The second-order valence-electron chi connectivity index (χ2n) is 5.77. The Bertz CT molecular complexity index is 981. The van der Waals surface area contributed by atoms with Gasteiger partial charge in [0.25, 0.3) is 0 Å². The van der Waals surface area contributed by atoms with Crippen LogP contribution in [0.25, 0.3) is 27.6 Å². The van der Waals surface area contributed by atoms with E-state index in [2.05, 4.69) is 64.1 Å². The van der Waals surface area contributed by atoms with Crippen LogP contribution in [0.15, 0.2) is 48.9 Å². The van der Waals surface area contributed by atoms with Gasteiger partial charge in [-0.1, -0.05) is 13.0 Å². The van der Waals surface area contributed by atoms with Crippen molar-refractivity contribution in [3.8, 4) is 5.69 Å². The summed E-state index contributed by atoms with van der Waals surface area (Å²) in [6.45, 7) is 2.79. The number of hydrogen-bond acceptors (Lipinski definition) is 2. The van der Waals surface area contributed by atoms with E-state index in [1.54, 1.807) is 7.11 Å². The van der Waals surface area contributed by atoms with E-state index in [9.17, 15) is 0 Å². The number of imidazole rings is 1. The normalized spacial score (nSPS) is 11.6. The lowest BCUT2D eigenvalue weighted by molar-refractivity contribution is 0.185. The van der Waals surface area contributed by atoms with Crippen molar-refractivity contribution in [3.05, 3.63) is 60.0 Å². The van der Waals surface area contributed by atoms with Crippen LogP contribution >= 0.6 is 0 Å². The number of aromatic nitrogens is 3. The monoisotopic (exact) mass is 305 g/mol. The smallest absolute Gasteiger partial charge is 0.100 e. The number of ether oxygens (including phenoxy) is 1. The van der Waals surface area contributed by atoms with Crippen molar-refractivity contribution in [1.29, 1.82) is 0 Å². The lowest BCUT2D eigenvalue weighted by atomic mass is 10.1. The summed E-state index contributed by atoms with van der Waals surface area (Å²) in [6.07, 6.45) is 5.01. The number of benzene rings is 2. The highest BCUT2D eigenvalue weighted by atomic mass is 16.5. The first-order valence-electron chi connectivity index (χ1n) is 7.85. The molecule has 0 amide bonds. The average Bonchev–Trinajstić information content (AvgIpc) is 3.17. The van der Waals surface area contributed by atoms with Crippen molar-refractivity contribution in [2.75, 3.05) is 7.11 Å². The third-order valence-electron chi connectivity index (χ3n) is 4.33. The third-order valence-corrected chi connectivity index (χ3v) is 4.33. The zero-order valence-corrected chi connectivity index (χ0v) is 13.3. The van der Waals surface area contributed by atoms with Gasteiger partial charge in [0.2, 0.25) is 0 Å². The number of aromatic amines is 1. The van der Waals surface area contributed by atoms with Crippen LogP contribution in [0.4, 0.5) is 0 Å². The number of nitrogens with zero attached hydrogens (tertiary/aromatic N) is 2. The molecule has 4 nitrogen and oxygen atoms in total. The Morgan fingerprint density at radius 3 is 2.91 bits per heavy atom. The molecule has 1 N–H and O–H groups in total. The molecule has 4 rings (SSSR count). The van der Waals surface area contributed by atoms with Crippen LogP contribution in [0.3, 0.4) is 0 Å². The standard InChI is InChI=1S/C19H19N3O/c1-3-14-10-20-17-6-5-15(9-16(14)17)22-12-21-18-8-13(11-23-2)4-7-19(18)22/h4-10,12,20H,3,11H2,1-2H3. The Kier molecular flexibility index (Phi) is 3.39. The summed E-state index contributed by atoms with van der Waals surface area (Å²) in [7, 11) is 1.71. The van der Waals surface area contributed by atoms with Gasteiger partial charge in [-0.15, -0.1) is 0 Å². The lowest BCUT2D eigenvalue weighted by Gasteiger charge is -2.06. The van der Waals surface area contributed by atoms with Gasteiger partial charge in [-0.3, -0.25) is 4.57 Å². The first-order chi connectivity index (χ1) is 11.3. The van der Waals surface area contributed by atoms with E-state index in [-0.39, 0.29) is 0 Å². The van der Waals surface area contributed by atoms with Gasteiger partial charge in [0.15, 0.2) is 0 Å². The molecule has 116 valence electrons. The molecule has 0 radical (unpaired) electrons. The second-order valence-corrected chi connectivity index (χ2v) is 5.77. The van der Waals surface area contributed by atoms with E-state index >= 15 is 0 Å². The van der Waals surface area contributed by atoms with Gasteiger partial charge < -0.3 is 9.72 Å². The molecule has 4 aromatic rings. The molecule has 0 saturated heterocycles. The third kappa shape index (κ3) is 2.32. The van der Waals surface area contributed by atoms with Gasteiger partial charge in [0.1, 0.15) is 6.33 Å². The lowest BCUT2D eigenvalue weighted by Crippen LogP contribution is -1.93. The van der Waals surface area contributed by atoms with E-state index in [1.165, 1.54) is 16.5 Å². The van der Waals surface area contributed by atoms with Crippen molar-refractivity contribution in [3.63, 3.8) is 0 Å². The van der Waals surface area contributed by atoms with Crippen molar-refractivity contribution in [1.82, 2.24) is 14.5 Å². The number of fused-ring (bicyclic) bond motifs is 2. The predicted octanol–water partition coefficient (Wildman–Crippen LogP) is 4.22. The molecule has 0 spiro atoms. The van der Waals surface area contributed by atoms with E-state index in [4.69, 9.17) is 4.74 Å². The Morgan fingerprint density at radius 2 is 2.09 bits per heavy atom. The molecule has 4 heteroatoms. The summed E-state index contributed by atoms with van der Waals surface area (Å²) in [5.41, 5.74) is 6.89. The Balaban J connectivity index is 1.85. The number of H-pyrrole nitrogens is 1. The van der Waals surface area contributed by atoms with Crippen LogP contribution in [-0.4, -0.2) is 21.6 Å². The number of hydrogen-bond donors (Lipinski definition) is 1. The maximum absolute atomic E-state index is 5.20. The molecule has 23 heavy (non-hydrogen) atoms. The molecule has 0 unspecified atom stereocenters. The Morgan fingerprint density at radius 1 is 1.17 bits per heavy atom. The second kappa shape index (κ2) is 5.56. The molecule has 2 heterocycles. The molecule has 2 aromatic carbocycles. The number of rotatable bonds is 4. The zero-order valence-electron chi connectivity index (χ0n) is 13.3. The highest BCUT2D eigenvalue weighted by Crippen LogP contribution is 2.25. The highest BCUT2D eigenvalue weighted by Gasteiger charge is 2.08. The topological polar surface area (TPSA) is 42.8 Å². The Labute approximate surface area is 134 Å². The van der Waals surface area contributed by atoms with Gasteiger partial charge in [0, 0.05) is 29.9 Å². The zero-order chi connectivity index (χ0) is 15.8. The first kappa shape index (κ1) is 14.0. The van der Waals surface area contributed by atoms with Gasteiger partial charge in [-0.25, -0.2) is 4.98 Å². The highest BCUT2D eigenvalue weighted by molar-refractivity contribution is 5.86. The molecule has 0 fully saturated rings. The SMILES string of the molecule is CCc1c[nH]c2ccc(-n3cnc4cc(COC)ccc43)cc12. The quantitative estimate of drug-likeness (QED) is 0.613. The van der Waals surface area contributed by atoms with E-state index < -0.39 is 0 Å². The van der Waals surface area contributed by atoms with Gasteiger partial charge in [-0.2, -0.15) is 0 Å². The summed E-state index contributed by atoms with van der Waals surface area (Å²) in [5.74, 6) is 0. The maximum atomic E-state index is 5.20. The van der Waals surface area contributed by atoms with Crippen LogP contribution in [0.2, 0.25) is 0 Å². The van der Waals surface area contributed by atoms with Gasteiger partial charge in [-0.05, 0) is 47.9 Å². The van der Waals surface area contributed by atoms with Gasteiger partial charge in [0.05, 0.1) is 17.6 Å². The van der Waals surface area contributed by atoms with E-state index in [0.29, 0.717) is 6.61 Å². The van der Waals surface area contributed by atoms with Crippen LogP contribution in [0.1, 0.15) is 18.1 Å². The average molecular weight is 305 g/mol. The van der Waals surface area contributed by atoms with Crippen molar-refractivity contribution in [2.24, 2.45) is 0 Å². The number of methoxy groups -OCH3 is 1. The number of nitrogens with one attached hydrogen (secondary N) is 1. The number of aryl methyl sites for hydroxylation is 1. The molecular formula is C19H19N3O. The fourth-order valence-corrected chi connectivity index (χ4v) is 3.13. The first-order valence-corrected chi connectivity index (χ1v) is 7.85. The molecule has 0 aliphatic carbocycles. The predicted molar refractivity (Wildman–Crippen MR) is 93.0 cm³/mol. The molecule has 0 bridgehead atoms. The van der Waals surface area contributed by atoms with Crippen LogP contribution in [-0.2, 0) is 17.8 Å². The van der Waals surface area contributed by atoms with Gasteiger partial charge >= 0.3 is 0 Å². The van der Waals surface area contributed by atoms with Crippen LogP contribution < -0.4 is 0 Å². The fraction of sp³-hybridized carbons (Fsp3) is 0.211. The van der Waals surface area contributed by atoms with Crippen molar-refractivity contribution in [2.45, 2.75) is 20.0 Å². The van der Waals surface area contributed by atoms with Crippen molar-refractivity contribution < 1.29 is 4.74 Å². The molecular weight excluding hydrogens is 286 g/mol. The minimum atomic E-state index is 0.609. The summed E-state index contributed by atoms with van der Waals surface area (Å²) in [6, 6.07) is 12.8. The van der Waals surface area contributed by atoms with Crippen molar-refractivity contribution >= 4 is 21.9 Å². The largest absolute Gasteiger partial charge is 0.380 e. The molecule has 2 aromatic heterocycles. The molecule has 0 aliphatic heterocycles. The maximum Gasteiger partial charge on any atom is 0.100 e. The molecule has 0 atom stereocenters. The fourth-order valence-electron chi connectivity index (χ4n) is 3.13. The summed E-state index contributed by atoms with van der Waals surface area (Å²) < 4.78 is 7.33. The summed E-state index contributed by atoms with van der Waals surface area (Å²) in [4.78, 5) is 7.88. The van der Waals surface area contributed by atoms with Crippen LogP contribution in [0, 0.1) is 0 Å². The molecule has 0 saturated carbocycles.